The number of aromatic nitrogens is 4. The van der Waals surface area contributed by atoms with Crippen molar-refractivity contribution >= 4 is 22.8 Å². The molecule has 0 saturated heterocycles. The van der Waals surface area contributed by atoms with Crippen molar-refractivity contribution in [2.75, 3.05) is 5.32 Å². The predicted octanol–water partition coefficient (Wildman–Crippen LogP) is 4.59. The van der Waals surface area contributed by atoms with E-state index in [1.807, 2.05) is 0 Å². The number of H-pyrrole nitrogens is 1. The minimum Gasteiger partial charge on any atom is -0.490 e. The number of nitrogens with one attached hydrogen (secondary N) is 2. The number of rotatable bonds is 6. The molecule has 2 aromatic heterocycles. The van der Waals surface area contributed by atoms with E-state index in [1.54, 1.807) is 42.5 Å². The number of anilines is 1. The Kier molecular flexibility index (Phi) is 4.82. The quantitative estimate of drug-likeness (QED) is 0.479. The van der Waals surface area contributed by atoms with Crippen molar-refractivity contribution in [2.24, 2.45) is 5.92 Å². The first-order chi connectivity index (χ1) is 15.1. The van der Waals surface area contributed by atoms with Crippen molar-refractivity contribution in [1.82, 2.24) is 20.4 Å². The molecule has 8 heteroatoms. The van der Waals surface area contributed by atoms with Gasteiger partial charge in [0, 0.05) is 11.3 Å². The summed E-state index contributed by atoms with van der Waals surface area (Å²) in [5.41, 5.74) is 2.84. The number of benzene rings is 2. The number of hydrogen-bond acceptors (Lipinski definition) is 5. The molecule has 1 amide bonds. The Balaban J connectivity index is 1.33. The lowest BCUT2D eigenvalue weighted by atomic mass is 10.1. The fraction of sp³-hybridized carbons (Fsp3) is 0.217. The highest BCUT2D eigenvalue weighted by Gasteiger charge is 2.29. The second-order valence-corrected chi connectivity index (χ2v) is 7.71. The van der Waals surface area contributed by atoms with E-state index in [0.29, 0.717) is 34.0 Å². The zero-order chi connectivity index (χ0) is 21.4. The van der Waals surface area contributed by atoms with Gasteiger partial charge in [-0.05, 0) is 80.3 Å². The average Bonchev–Trinajstić information content (AvgIpc) is 3.53. The molecule has 156 valence electrons. The van der Waals surface area contributed by atoms with Crippen LogP contribution in [0.3, 0.4) is 0 Å². The number of carbonyl (C=O) groups excluding carboxylic acids is 1. The summed E-state index contributed by atoms with van der Waals surface area (Å²) in [5.74, 6) is 0.238. The van der Waals surface area contributed by atoms with Gasteiger partial charge in [0.25, 0.3) is 5.91 Å². The van der Waals surface area contributed by atoms with Gasteiger partial charge in [-0.25, -0.2) is 14.5 Å². The van der Waals surface area contributed by atoms with E-state index in [1.165, 1.54) is 25.0 Å². The van der Waals surface area contributed by atoms with Gasteiger partial charge in [-0.3, -0.25) is 4.79 Å². The van der Waals surface area contributed by atoms with Gasteiger partial charge < -0.3 is 10.1 Å². The van der Waals surface area contributed by atoms with Crippen molar-refractivity contribution in [1.29, 1.82) is 0 Å². The van der Waals surface area contributed by atoms with Crippen LogP contribution in [0.1, 0.15) is 30.1 Å². The fourth-order valence-corrected chi connectivity index (χ4v) is 3.45. The van der Waals surface area contributed by atoms with Gasteiger partial charge in [-0.1, -0.05) is 5.21 Å². The Labute approximate surface area is 177 Å². The number of amides is 1. The summed E-state index contributed by atoms with van der Waals surface area (Å²) in [7, 11) is 0. The lowest BCUT2D eigenvalue weighted by molar-refractivity contribution is 0.102. The summed E-state index contributed by atoms with van der Waals surface area (Å²) in [6.45, 7) is 2.07. The maximum absolute atomic E-state index is 14.4. The summed E-state index contributed by atoms with van der Waals surface area (Å²) < 4.78 is 20.3. The van der Waals surface area contributed by atoms with Crippen LogP contribution in [-0.2, 0) is 0 Å². The lowest BCUT2D eigenvalue weighted by Crippen LogP contribution is -2.15. The Morgan fingerprint density at radius 3 is 2.74 bits per heavy atom. The first-order valence-electron chi connectivity index (χ1n) is 10.1. The molecule has 0 bridgehead atoms. The highest BCUT2D eigenvalue weighted by molar-refractivity contribution is 6.05. The van der Waals surface area contributed by atoms with Gasteiger partial charge in [0.15, 0.2) is 5.65 Å². The topological polar surface area (TPSA) is 92.8 Å². The monoisotopic (exact) mass is 417 g/mol. The number of aromatic amines is 1. The van der Waals surface area contributed by atoms with Crippen LogP contribution in [-0.4, -0.2) is 32.4 Å². The molecule has 0 unspecified atom stereocenters. The van der Waals surface area contributed by atoms with Crippen molar-refractivity contribution in [3.8, 4) is 17.0 Å². The number of pyridine rings is 1. The number of carbonyl (C=O) groups is 1. The molecule has 2 aromatic carbocycles. The summed E-state index contributed by atoms with van der Waals surface area (Å²) in [5, 5.41) is 13.0. The molecule has 31 heavy (non-hydrogen) atoms. The summed E-state index contributed by atoms with van der Waals surface area (Å²) in [6.07, 6.45) is 2.60. The van der Waals surface area contributed by atoms with E-state index in [9.17, 15) is 9.18 Å². The highest BCUT2D eigenvalue weighted by Crippen LogP contribution is 2.34. The van der Waals surface area contributed by atoms with Crippen molar-refractivity contribution in [3.63, 3.8) is 0 Å². The van der Waals surface area contributed by atoms with Crippen LogP contribution in [0.25, 0.3) is 22.4 Å². The Morgan fingerprint density at radius 1 is 1.16 bits per heavy atom. The number of fused-ring (bicyclic) bond motifs is 1. The maximum atomic E-state index is 14.4. The number of nitrogens with zero attached hydrogens (tertiary/aromatic N) is 3. The van der Waals surface area contributed by atoms with Gasteiger partial charge in [0.05, 0.1) is 17.4 Å². The van der Waals surface area contributed by atoms with Crippen LogP contribution < -0.4 is 10.1 Å². The molecule has 7 nitrogen and oxygen atoms in total. The SMILES string of the molecule is C[C@@H](Oc1ccc(NC(=O)c2cc(-c3ccc4nn[nH]c4n3)ccc2F)cc1)C1CC1. The van der Waals surface area contributed by atoms with Gasteiger partial charge in [0.2, 0.25) is 0 Å². The van der Waals surface area contributed by atoms with Gasteiger partial charge in [-0.2, -0.15) is 0 Å². The molecular formula is C23H20FN5O2. The second-order valence-electron chi connectivity index (χ2n) is 7.71. The van der Waals surface area contributed by atoms with E-state index in [4.69, 9.17) is 4.74 Å². The molecule has 1 atom stereocenters. The molecule has 0 spiro atoms. The zero-order valence-corrected chi connectivity index (χ0v) is 16.8. The van der Waals surface area contributed by atoms with Crippen molar-refractivity contribution < 1.29 is 13.9 Å². The predicted molar refractivity (Wildman–Crippen MR) is 114 cm³/mol. The third kappa shape index (κ3) is 4.09. The molecule has 1 saturated carbocycles. The molecule has 5 rings (SSSR count). The van der Waals surface area contributed by atoms with Gasteiger partial charge in [-0.15, -0.1) is 5.10 Å². The zero-order valence-electron chi connectivity index (χ0n) is 16.8. The van der Waals surface area contributed by atoms with Crippen LogP contribution in [0.2, 0.25) is 0 Å². The molecule has 1 aliphatic carbocycles. The molecule has 0 aliphatic heterocycles. The Hall–Kier alpha value is -3.81. The van der Waals surface area contributed by atoms with Crippen LogP contribution in [0.15, 0.2) is 54.6 Å². The van der Waals surface area contributed by atoms with E-state index in [2.05, 4.69) is 32.6 Å². The molecule has 4 aromatic rings. The van der Waals surface area contributed by atoms with Crippen LogP contribution >= 0.6 is 0 Å². The highest BCUT2D eigenvalue weighted by atomic mass is 19.1. The van der Waals surface area contributed by atoms with Crippen LogP contribution in [0.5, 0.6) is 5.75 Å². The normalized spacial score (nSPS) is 14.4. The largest absolute Gasteiger partial charge is 0.490 e. The number of halogens is 1. The first kappa shape index (κ1) is 19.2. The average molecular weight is 417 g/mol. The molecular weight excluding hydrogens is 397 g/mol. The molecule has 0 radical (unpaired) electrons. The first-order valence-corrected chi connectivity index (χ1v) is 10.1. The van der Waals surface area contributed by atoms with Crippen molar-refractivity contribution in [2.45, 2.75) is 25.9 Å². The number of hydrogen-bond donors (Lipinski definition) is 2. The van der Waals surface area contributed by atoms with E-state index < -0.39 is 11.7 Å². The summed E-state index contributed by atoms with van der Waals surface area (Å²) in [6, 6.07) is 14.9. The maximum Gasteiger partial charge on any atom is 0.258 e. The Morgan fingerprint density at radius 2 is 1.97 bits per heavy atom. The van der Waals surface area contributed by atoms with Crippen LogP contribution in [0.4, 0.5) is 10.1 Å². The smallest absolute Gasteiger partial charge is 0.258 e. The lowest BCUT2D eigenvalue weighted by Gasteiger charge is -2.14. The third-order valence-corrected chi connectivity index (χ3v) is 5.41. The van der Waals surface area contributed by atoms with Gasteiger partial charge >= 0.3 is 0 Å². The van der Waals surface area contributed by atoms with E-state index in [0.717, 1.165) is 5.75 Å². The van der Waals surface area contributed by atoms with E-state index >= 15 is 0 Å². The van der Waals surface area contributed by atoms with Crippen molar-refractivity contribution in [3.05, 3.63) is 66.0 Å². The van der Waals surface area contributed by atoms with Gasteiger partial charge in [0.1, 0.15) is 17.1 Å². The van der Waals surface area contributed by atoms with E-state index in [-0.39, 0.29) is 11.7 Å². The summed E-state index contributed by atoms with van der Waals surface area (Å²) in [4.78, 5) is 17.1. The fourth-order valence-electron chi connectivity index (χ4n) is 3.45. The Bertz CT molecular complexity index is 1250. The molecule has 1 fully saturated rings. The standard InChI is InChI=1S/C23H20FN5O2/c1-13(14-2-3-14)31-17-7-5-16(6-8-17)25-23(30)18-12-15(4-9-19(18)24)20-10-11-21-22(26-20)28-29-27-21/h4-14H,2-3H2,1H3,(H,25,30)(H,26,27,28,29)/t13-/m1/s1. The molecule has 1 aliphatic rings. The minimum atomic E-state index is -0.608. The second kappa shape index (κ2) is 7.79. The van der Waals surface area contributed by atoms with Crippen LogP contribution in [0, 0.1) is 11.7 Å². The minimum absolute atomic E-state index is 0.0650. The third-order valence-electron chi connectivity index (χ3n) is 5.41. The molecule has 2 heterocycles. The summed E-state index contributed by atoms with van der Waals surface area (Å²) >= 11 is 0. The molecule has 2 N–H and O–H groups in total. The number of ether oxygens (including phenoxy) is 1.